The maximum atomic E-state index is 9.79. The average Bonchev–Trinajstić information content (AvgIpc) is 2.27. The molecule has 1 rings (SSSR count). The van der Waals surface area contributed by atoms with E-state index in [1.165, 1.54) is 5.56 Å². The molecule has 0 saturated carbocycles. The topological polar surface area (TPSA) is 25.2 Å². The van der Waals surface area contributed by atoms with Crippen molar-refractivity contribution in [1.29, 1.82) is 0 Å². The molecule has 0 fully saturated rings. The van der Waals surface area contributed by atoms with E-state index in [4.69, 9.17) is 0 Å². The zero-order chi connectivity index (χ0) is 11.1. The van der Waals surface area contributed by atoms with E-state index in [9.17, 15) is 5.11 Å². The molecule has 1 aromatic heterocycles. The number of rotatable bonds is 0. The van der Waals surface area contributed by atoms with Crippen LogP contribution in [0.4, 0.5) is 0 Å². The Balaban J connectivity index is 3.19. The van der Waals surface area contributed by atoms with Crippen LogP contribution in [0.5, 0.6) is 5.88 Å². The van der Waals surface area contributed by atoms with Gasteiger partial charge >= 0.3 is 0 Å². The van der Waals surface area contributed by atoms with Crippen molar-refractivity contribution in [3.05, 3.63) is 17.8 Å². The van der Waals surface area contributed by atoms with E-state index in [2.05, 4.69) is 41.5 Å². The summed E-state index contributed by atoms with van der Waals surface area (Å²) in [5.41, 5.74) is 1.20. The predicted molar refractivity (Wildman–Crippen MR) is 59.8 cm³/mol. The Kier molecular flexibility index (Phi) is 2.42. The number of nitrogens with zero attached hydrogens (tertiary/aromatic N) is 1. The van der Waals surface area contributed by atoms with Crippen LogP contribution in [0.2, 0.25) is 0 Å². The van der Waals surface area contributed by atoms with Crippen LogP contribution < -0.4 is 0 Å². The molecular formula is C12H21NO. The first kappa shape index (κ1) is 11.2. The lowest BCUT2D eigenvalue weighted by Gasteiger charge is -2.22. The molecule has 0 aliphatic rings. The van der Waals surface area contributed by atoms with Gasteiger partial charge in [-0.15, -0.1) is 0 Å². The molecule has 1 aromatic rings. The van der Waals surface area contributed by atoms with Crippen molar-refractivity contribution in [3.8, 4) is 5.88 Å². The lowest BCUT2D eigenvalue weighted by atomic mass is 9.89. The van der Waals surface area contributed by atoms with E-state index in [1.54, 1.807) is 0 Å². The van der Waals surface area contributed by atoms with Gasteiger partial charge in [0.15, 0.2) is 5.88 Å². The summed E-state index contributed by atoms with van der Waals surface area (Å²) in [5, 5.41) is 9.79. The second kappa shape index (κ2) is 3.04. The van der Waals surface area contributed by atoms with E-state index in [-0.39, 0.29) is 11.0 Å². The van der Waals surface area contributed by atoms with E-state index < -0.39 is 0 Å². The van der Waals surface area contributed by atoms with Crippen LogP contribution in [-0.4, -0.2) is 9.67 Å². The van der Waals surface area contributed by atoms with Gasteiger partial charge in [0.1, 0.15) is 0 Å². The Bertz CT molecular complexity index is 323. The molecule has 0 atom stereocenters. The monoisotopic (exact) mass is 195 g/mol. The van der Waals surface area contributed by atoms with Crippen LogP contribution in [0.3, 0.4) is 0 Å². The lowest BCUT2D eigenvalue weighted by Crippen LogP contribution is -2.20. The molecule has 0 aliphatic carbocycles. The minimum Gasteiger partial charge on any atom is -0.494 e. The number of hydrogen-bond acceptors (Lipinski definition) is 1. The molecule has 0 unspecified atom stereocenters. The largest absolute Gasteiger partial charge is 0.494 e. The maximum Gasteiger partial charge on any atom is 0.191 e. The first-order valence-electron chi connectivity index (χ1n) is 5.05. The Morgan fingerprint density at radius 1 is 1.07 bits per heavy atom. The van der Waals surface area contributed by atoms with E-state index >= 15 is 0 Å². The molecule has 0 aliphatic heterocycles. The highest BCUT2D eigenvalue weighted by Gasteiger charge is 2.22. The van der Waals surface area contributed by atoms with Gasteiger partial charge in [0.05, 0.1) is 0 Å². The summed E-state index contributed by atoms with van der Waals surface area (Å²) in [6.45, 7) is 12.7. The van der Waals surface area contributed by atoms with Crippen molar-refractivity contribution < 1.29 is 5.11 Å². The average molecular weight is 195 g/mol. The molecule has 0 saturated heterocycles. The van der Waals surface area contributed by atoms with Crippen molar-refractivity contribution in [1.82, 2.24) is 4.57 Å². The van der Waals surface area contributed by atoms with Crippen LogP contribution in [0, 0.1) is 0 Å². The second-order valence-electron chi connectivity index (χ2n) is 5.88. The summed E-state index contributed by atoms with van der Waals surface area (Å²) in [6.07, 6.45) is 2.04. The molecule has 0 spiro atoms. The molecular weight excluding hydrogens is 174 g/mol. The van der Waals surface area contributed by atoms with Gasteiger partial charge in [-0.3, -0.25) is 0 Å². The first-order chi connectivity index (χ1) is 6.12. The van der Waals surface area contributed by atoms with Crippen molar-refractivity contribution >= 4 is 0 Å². The smallest absolute Gasteiger partial charge is 0.191 e. The fourth-order valence-corrected chi connectivity index (χ4v) is 1.40. The van der Waals surface area contributed by atoms with Crippen LogP contribution in [0.25, 0.3) is 0 Å². The third-order valence-electron chi connectivity index (χ3n) is 2.39. The predicted octanol–water partition coefficient (Wildman–Crippen LogP) is 3.25. The van der Waals surface area contributed by atoms with Crippen LogP contribution in [-0.2, 0) is 11.0 Å². The van der Waals surface area contributed by atoms with Crippen LogP contribution in [0.15, 0.2) is 12.3 Å². The third kappa shape index (κ3) is 2.11. The summed E-state index contributed by atoms with van der Waals surface area (Å²) in [5.74, 6) is 0.349. The van der Waals surface area contributed by atoms with Gasteiger partial charge in [0, 0.05) is 17.8 Å². The van der Waals surface area contributed by atoms with Gasteiger partial charge in [-0.25, -0.2) is 0 Å². The Morgan fingerprint density at radius 2 is 1.57 bits per heavy atom. The number of hydrogen-bond donors (Lipinski definition) is 1. The Hall–Kier alpha value is -0.920. The van der Waals surface area contributed by atoms with Crippen molar-refractivity contribution in [3.63, 3.8) is 0 Å². The van der Waals surface area contributed by atoms with E-state index in [0.717, 1.165) is 0 Å². The fourth-order valence-electron chi connectivity index (χ4n) is 1.40. The van der Waals surface area contributed by atoms with E-state index in [0.29, 0.717) is 5.88 Å². The van der Waals surface area contributed by atoms with Gasteiger partial charge in [0.25, 0.3) is 0 Å². The molecule has 0 aromatic carbocycles. The lowest BCUT2D eigenvalue weighted by molar-refractivity contribution is 0.326. The van der Waals surface area contributed by atoms with Gasteiger partial charge in [0.2, 0.25) is 0 Å². The molecule has 0 bridgehead atoms. The minimum atomic E-state index is -0.0619. The normalized spacial score (nSPS) is 13.3. The summed E-state index contributed by atoms with van der Waals surface area (Å²) >= 11 is 0. The summed E-state index contributed by atoms with van der Waals surface area (Å²) in [7, 11) is 0. The first-order valence-corrected chi connectivity index (χ1v) is 5.05. The summed E-state index contributed by atoms with van der Waals surface area (Å²) in [6, 6.07) is 1.85. The number of aromatic nitrogens is 1. The highest BCUT2D eigenvalue weighted by Crippen LogP contribution is 2.31. The molecule has 80 valence electrons. The maximum absolute atomic E-state index is 9.79. The van der Waals surface area contributed by atoms with E-state index in [1.807, 2.05) is 16.8 Å². The van der Waals surface area contributed by atoms with Gasteiger partial charge in [-0.05, 0) is 31.7 Å². The zero-order valence-corrected chi connectivity index (χ0v) is 10.0. The highest BCUT2D eigenvalue weighted by molar-refractivity contribution is 5.29. The van der Waals surface area contributed by atoms with Gasteiger partial charge in [-0.2, -0.15) is 0 Å². The third-order valence-corrected chi connectivity index (χ3v) is 2.39. The Labute approximate surface area is 86.6 Å². The molecule has 2 nitrogen and oxygen atoms in total. The zero-order valence-electron chi connectivity index (χ0n) is 10.0. The molecule has 14 heavy (non-hydrogen) atoms. The van der Waals surface area contributed by atoms with Crippen molar-refractivity contribution in [2.45, 2.75) is 52.5 Å². The molecule has 1 heterocycles. The minimum absolute atomic E-state index is 0.0619. The molecule has 1 N–H and O–H groups in total. The Morgan fingerprint density at radius 3 is 1.79 bits per heavy atom. The molecule has 0 amide bonds. The fraction of sp³-hybridized carbons (Fsp3) is 0.667. The van der Waals surface area contributed by atoms with Crippen molar-refractivity contribution in [2.75, 3.05) is 0 Å². The van der Waals surface area contributed by atoms with Gasteiger partial charge in [-0.1, -0.05) is 20.8 Å². The molecule has 0 radical (unpaired) electrons. The number of aromatic hydroxyl groups is 1. The van der Waals surface area contributed by atoms with Crippen LogP contribution in [0.1, 0.15) is 47.1 Å². The second-order valence-corrected chi connectivity index (χ2v) is 5.88. The summed E-state index contributed by atoms with van der Waals surface area (Å²) < 4.78 is 1.91. The molecule has 2 heteroatoms. The highest BCUT2D eigenvalue weighted by atomic mass is 16.3. The quantitative estimate of drug-likeness (QED) is 0.675. The van der Waals surface area contributed by atoms with Gasteiger partial charge < -0.3 is 9.67 Å². The SMILES string of the molecule is CC(C)(C)c1cc(O)n(C(C)(C)C)c1. The van der Waals surface area contributed by atoms with Crippen LogP contribution >= 0.6 is 0 Å². The summed E-state index contributed by atoms with van der Waals surface area (Å²) in [4.78, 5) is 0. The van der Waals surface area contributed by atoms with Crippen molar-refractivity contribution in [2.24, 2.45) is 0 Å². The standard InChI is InChI=1S/C12H21NO/c1-11(2,3)9-7-10(14)13(8-9)12(4,5)6/h7-8,14H,1-6H3.